The van der Waals surface area contributed by atoms with E-state index in [1.165, 1.54) is 6.20 Å². The maximum Gasteiger partial charge on any atom is 0.214 e. The summed E-state index contributed by atoms with van der Waals surface area (Å²) in [5, 5.41) is 4.38. The van der Waals surface area contributed by atoms with Crippen molar-refractivity contribution in [1.82, 2.24) is 14.8 Å². The lowest BCUT2D eigenvalue weighted by Crippen LogP contribution is -2.03. The van der Waals surface area contributed by atoms with Crippen LogP contribution in [0.4, 0.5) is 0 Å². The lowest BCUT2D eigenvalue weighted by molar-refractivity contribution is 0.103. The Bertz CT molecular complexity index is 490. The van der Waals surface area contributed by atoms with Gasteiger partial charge in [0.2, 0.25) is 5.78 Å². The standard InChI is InChI=1S/C10H8ClN3O/c1-14-5-4-8(13-14)10(15)7-2-3-9(11)12-6-7/h2-6H,1H3. The van der Waals surface area contributed by atoms with Gasteiger partial charge >= 0.3 is 0 Å². The molecular formula is C10H8ClN3O. The van der Waals surface area contributed by atoms with Crippen molar-refractivity contribution in [1.29, 1.82) is 0 Å². The second-order valence-corrected chi connectivity index (χ2v) is 3.46. The number of aromatic nitrogens is 3. The Kier molecular flexibility index (Phi) is 2.51. The first-order valence-corrected chi connectivity index (χ1v) is 4.70. The van der Waals surface area contributed by atoms with Crippen LogP contribution in [0.1, 0.15) is 16.1 Å². The van der Waals surface area contributed by atoms with E-state index < -0.39 is 0 Å². The molecule has 5 heteroatoms. The van der Waals surface area contributed by atoms with E-state index >= 15 is 0 Å². The molecule has 2 rings (SSSR count). The van der Waals surface area contributed by atoms with Crippen molar-refractivity contribution in [2.45, 2.75) is 0 Å². The van der Waals surface area contributed by atoms with Gasteiger partial charge in [-0.15, -0.1) is 0 Å². The summed E-state index contributed by atoms with van der Waals surface area (Å²) in [6, 6.07) is 4.88. The van der Waals surface area contributed by atoms with Gasteiger partial charge in [-0.3, -0.25) is 9.48 Å². The van der Waals surface area contributed by atoms with Crippen molar-refractivity contribution in [3.63, 3.8) is 0 Å². The molecule has 2 aromatic heterocycles. The normalized spacial score (nSPS) is 10.3. The third kappa shape index (κ3) is 2.05. The first kappa shape index (κ1) is 9.86. The molecule has 0 amide bonds. The van der Waals surface area contributed by atoms with E-state index in [1.54, 1.807) is 36.1 Å². The number of halogens is 1. The number of hydrogen-bond acceptors (Lipinski definition) is 3. The van der Waals surface area contributed by atoms with Crippen LogP contribution >= 0.6 is 11.6 Å². The van der Waals surface area contributed by atoms with Gasteiger partial charge in [0, 0.05) is 25.0 Å². The van der Waals surface area contributed by atoms with Crippen LogP contribution in [0.15, 0.2) is 30.6 Å². The predicted octanol–water partition coefficient (Wildman–Crippen LogP) is 1.70. The Morgan fingerprint density at radius 1 is 1.40 bits per heavy atom. The molecule has 0 spiro atoms. The number of nitrogens with zero attached hydrogens (tertiary/aromatic N) is 3. The van der Waals surface area contributed by atoms with E-state index in [9.17, 15) is 4.79 Å². The van der Waals surface area contributed by atoms with Crippen molar-refractivity contribution in [3.05, 3.63) is 47.0 Å². The van der Waals surface area contributed by atoms with E-state index in [1.807, 2.05) is 0 Å². The van der Waals surface area contributed by atoms with Crippen LogP contribution in [0.5, 0.6) is 0 Å². The van der Waals surface area contributed by atoms with E-state index in [4.69, 9.17) is 11.6 Å². The minimum absolute atomic E-state index is 0.153. The molecule has 0 aliphatic carbocycles. The minimum atomic E-state index is -0.153. The fraction of sp³-hybridized carbons (Fsp3) is 0.100. The molecule has 15 heavy (non-hydrogen) atoms. The highest BCUT2D eigenvalue weighted by molar-refractivity contribution is 6.29. The topological polar surface area (TPSA) is 47.8 Å². The monoisotopic (exact) mass is 221 g/mol. The smallest absolute Gasteiger partial charge is 0.214 e. The van der Waals surface area contributed by atoms with Crippen molar-refractivity contribution < 1.29 is 4.79 Å². The Hall–Kier alpha value is -1.68. The van der Waals surface area contributed by atoms with E-state index in [0.29, 0.717) is 16.4 Å². The number of pyridine rings is 1. The zero-order valence-electron chi connectivity index (χ0n) is 8.01. The molecule has 0 bridgehead atoms. The molecule has 0 aliphatic heterocycles. The highest BCUT2D eigenvalue weighted by Gasteiger charge is 2.11. The summed E-state index contributed by atoms with van der Waals surface area (Å²) in [4.78, 5) is 15.7. The number of rotatable bonds is 2. The van der Waals surface area contributed by atoms with Crippen molar-refractivity contribution in [3.8, 4) is 0 Å². The third-order valence-corrected chi connectivity index (χ3v) is 2.16. The zero-order chi connectivity index (χ0) is 10.8. The molecule has 0 saturated carbocycles. The van der Waals surface area contributed by atoms with Crippen LogP contribution in [0.25, 0.3) is 0 Å². The molecular weight excluding hydrogens is 214 g/mol. The van der Waals surface area contributed by atoms with E-state index in [2.05, 4.69) is 10.1 Å². The average Bonchev–Trinajstić information content (AvgIpc) is 2.65. The average molecular weight is 222 g/mol. The highest BCUT2D eigenvalue weighted by atomic mass is 35.5. The van der Waals surface area contributed by atoms with Crippen LogP contribution in [-0.4, -0.2) is 20.5 Å². The molecule has 2 aromatic rings. The second kappa shape index (κ2) is 3.82. The number of carbonyl (C=O) groups is 1. The Morgan fingerprint density at radius 3 is 2.73 bits per heavy atom. The summed E-state index contributed by atoms with van der Waals surface area (Å²) in [7, 11) is 1.76. The maximum absolute atomic E-state index is 11.8. The molecule has 0 saturated heterocycles. The van der Waals surface area contributed by atoms with Crippen LogP contribution in [0, 0.1) is 0 Å². The highest BCUT2D eigenvalue weighted by Crippen LogP contribution is 2.09. The predicted molar refractivity (Wildman–Crippen MR) is 55.9 cm³/mol. The molecule has 0 fully saturated rings. The van der Waals surface area contributed by atoms with Gasteiger partial charge in [0.05, 0.1) is 0 Å². The summed E-state index contributed by atoms with van der Waals surface area (Å²) in [6.45, 7) is 0. The van der Waals surface area contributed by atoms with Crippen molar-refractivity contribution in [2.24, 2.45) is 7.05 Å². The summed E-state index contributed by atoms with van der Waals surface area (Å²) in [5.41, 5.74) is 0.889. The van der Waals surface area contributed by atoms with Gasteiger partial charge in [-0.2, -0.15) is 5.10 Å². The molecule has 0 aromatic carbocycles. The Morgan fingerprint density at radius 2 is 2.20 bits per heavy atom. The zero-order valence-corrected chi connectivity index (χ0v) is 8.77. The van der Waals surface area contributed by atoms with Gasteiger partial charge in [0.25, 0.3) is 0 Å². The molecule has 0 aliphatic rings. The van der Waals surface area contributed by atoms with E-state index in [-0.39, 0.29) is 5.78 Å². The third-order valence-electron chi connectivity index (χ3n) is 1.94. The van der Waals surface area contributed by atoms with Gasteiger partial charge in [-0.05, 0) is 18.2 Å². The summed E-state index contributed by atoms with van der Waals surface area (Å²) in [5.74, 6) is -0.153. The number of hydrogen-bond donors (Lipinski definition) is 0. The number of ketones is 1. The molecule has 0 radical (unpaired) electrons. The number of carbonyl (C=O) groups excluding carboxylic acids is 1. The van der Waals surface area contributed by atoms with Gasteiger partial charge in [0.15, 0.2) is 0 Å². The first-order valence-electron chi connectivity index (χ1n) is 4.33. The molecule has 0 N–H and O–H groups in total. The fourth-order valence-corrected chi connectivity index (χ4v) is 1.31. The molecule has 0 atom stereocenters. The SMILES string of the molecule is Cn1ccc(C(=O)c2ccc(Cl)nc2)n1. The van der Waals surface area contributed by atoms with Crippen LogP contribution < -0.4 is 0 Å². The van der Waals surface area contributed by atoms with Gasteiger partial charge in [0.1, 0.15) is 10.8 Å². The Balaban J connectivity index is 2.32. The summed E-state index contributed by atoms with van der Waals surface area (Å²) in [6.07, 6.45) is 3.16. The molecule has 4 nitrogen and oxygen atoms in total. The first-order chi connectivity index (χ1) is 7.16. The Labute approximate surface area is 91.5 Å². The second-order valence-electron chi connectivity index (χ2n) is 3.07. The fourth-order valence-electron chi connectivity index (χ4n) is 1.19. The molecule has 76 valence electrons. The van der Waals surface area contributed by atoms with Gasteiger partial charge in [-0.25, -0.2) is 4.98 Å². The largest absolute Gasteiger partial charge is 0.287 e. The lowest BCUT2D eigenvalue weighted by Gasteiger charge is -1.96. The van der Waals surface area contributed by atoms with Gasteiger partial charge < -0.3 is 0 Å². The number of aryl methyl sites for hydroxylation is 1. The van der Waals surface area contributed by atoms with Crippen LogP contribution in [-0.2, 0) is 7.05 Å². The minimum Gasteiger partial charge on any atom is -0.287 e. The van der Waals surface area contributed by atoms with Crippen LogP contribution in [0.2, 0.25) is 5.15 Å². The van der Waals surface area contributed by atoms with Crippen LogP contribution in [0.3, 0.4) is 0 Å². The quantitative estimate of drug-likeness (QED) is 0.573. The maximum atomic E-state index is 11.8. The summed E-state index contributed by atoms with van der Waals surface area (Å²) >= 11 is 5.62. The van der Waals surface area contributed by atoms with Crippen molar-refractivity contribution in [2.75, 3.05) is 0 Å². The van der Waals surface area contributed by atoms with Crippen molar-refractivity contribution >= 4 is 17.4 Å². The lowest BCUT2D eigenvalue weighted by atomic mass is 10.1. The summed E-state index contributed by atoms with van der Waals surface area (Å²) < 4.78 is 1.58. The molecule has 2 heterocycles. The van der Waals surface area contributed by atoms with Gasteiger partial charge in [-0.1, -0.05) is 11.6 Å². The molecule has 0 unspecified atom stereocenters. The van der Waals surface area contributed by atoms with E-state index in [0.717, 1.165) is 0 Å².